The van der Waals surface area contributed by atoms with Gasteiger partial charge < -0.3 is 9.67 Å². The molecule has 1 unspecified atom stereocenters. The number of rotatable bonds is 10. The van der Waals surface area contributed by atoms with Crippen molar-refractivity contribution in [2.45, 2.75) is 51.1 Å². The minimum atomic E-state index is -3.58. The van der Waals surface area contributed by atoms with Gasteiger partial charge in [0.15, 0.2) is 5.03 Å². The molecule has 1 aromatic rings. The van der Waals surface area contributed by atoms with E-state index in [0.717, 1.165) is 6.42 Å². The van der Waals surface area contributed by atoms with Crippen molar-refractivity contribution < 1.29 is 18.3 Å². The molecule has 120 valence electrons. The molecule has 8 heteroatoms. The first-order valence-corrected chi connectivity index (χ1v) is 8.60. The summed E-state index contributed by atoms with van der Waals surface area (Å²) in [5, 5.41) is 8.68. The molecule has 0 saturated carbocycles. The molecule has 0 fully saturated rings. The van der Waals surface area contributed by atoms with E-state index in [2.05, 4.69) is 9.71 Å². The first kappa shape index (κ1) is 17.6. The monoisotopic (exact) mass is 317 g/mol. The van der Waals surface area contributed by atoms with Crippen LogP contribution in [-0.2, 0) is 21.4 Å². The Morgan fingerprint density at radius 2 is 2.14 bits per heavy atom. The fourth-order valence-corrected chi connectivity index (χ4v) is 3.00. The van der Waals surface area contributed by atoms with Gasteiger partial charge in [-0.25, -0.2) is 18.1 Å². The summed E-state index contributed by atoms with van der Waals surface area (Å²) in [6, 6.07) is 0. The van der Waals surface area contributed by atoms with Gasteiger partial charge in [0, 0.05) is 25.7 Å². The third-order valence-corrected chi connectivity index (χ3v) is 4.78. The molecule has 1 aromatic heterocycles. The quantitative estimate of drug-likeness (QED) is 0.680. The van der Waals surface area contributed by atoms with Gasteiger partial charge in [-0.3, -0.25) is 4.79 Å². The molecule has 0 radical (unpaired) electrons. The van der Waals surface area contributed by atoms with Gasteiger partial charge in [-0.15, -0.1) is 0 Å². The summed E-state index contributed by atoms with van der Waals surface area (Å²) in [4.78, 5) is 14.4. The lowest BCUT2D eigenvalue weighted by molar-refractivity contribution is -0.137. The van der Waals surface area contributed by atoms with E-state index < -0.39 is 16.0 Å². The minimum Gasteiger partial charge on any atom is -0.481 e. The van der Waals surface area contributed by atoms with Crippen LogP contribution in [0, 0.1) is 5.92 Å². The molecule has 1 atom stereocenters. The van der Waals surface area contributed by atoms with E-state index in [1.165, 1.54) is 12.5 Å². The lowest BCUT2D eigenvalue weighted by atomic mass is 9.97. The van der Waals surface area contributed by atoms with Crippen LogP contribution in [0.4, 0.5) is 0 Å². The van der Waals surface area contributed by atoms with Crippen molar-refractivity contribution in [3.8, 4) is 0 Å². The fourth-order valence-electron chi connectivity index (χ4n) is 2.00. The number of imidazole rings is 1. The zero-order valence-electron chi connectivity index (χ0n) is 12.4. The van der Waals surface area contributed by atoms with Gasteiger partial charge in [-0.2, -0.15) is 0 Å². The highest BCUT2D eigenvalue weighted by molar-refractivity contribution is 7.89. The first-order chi connectivity index (χ1) is 9.89. The number of carboxylic acid groups (broad SMARTS) is 1. The smallest absolute Gasteiger partial charge is 0.303 e. The molecule has 1 rings (SSSR count). The van der Waals surface area contributed by atoms with E-state index in [1.807, 2.05) is 13.8 Å². The van der Waals surface area contributed by atoms with Crippen LogP contribution in [0.3, 0.4) is 0 Å². The average Bonchev–Trinajstić information content (AvgIpc) is 2.92. The summed E-state index contributed by atoms with van der Waals surface area (Å²) in [5.41, 5.74) is 0. The SMILES string of the molecule is CCC(CCNS(=O)(=O)c1cn(CC)cn1)CCC(=O)O. The Labute approximate surface area is 125 Å². The van der Waals surface area contributed by atoms with Crippen LogP contribution < -0.4 is 4.72 Å². The number of hydrogen-bond acceptors (Lipinski definition) is 4. The average molecular weight is 317 g/mol. The summed E-state index contributed by atoms with van der Waals surface area (Å²) in [7, 11) is -3.58. The highest BCUT2D eigenvalue weighted by Gasteiger charge is 2.17. The van der Waals surface area contributed by atoms with Gasteiger partial charge in [0.05, 0.1) is 6.33 Å². The largest absolute Gasteiger partial charge is 0.481 e. The first-order valence-electron chi connectivity index (χ1n) is 7.12. The second kappa shape index (κ2) is 8.14. The van der Waals surface area contributed by atoms with Gasteiger partial charge >= 0.3 is 5.97 Å². The minimum absolute atomic E-state index is 0.0166. The van der Waals surface area contributed by atoms with Crippen molar-refractivity contribution >= 4 is 16.0 Å². The second-order valence-electron chi connectivity index (χ2n) is 4.94. The van der Waals surface area contributed by atoms with Crippen LogP contribution >= 0.6 is 0 Å². The third kappa shape index (κ3) is 5.84. The van der Waals surface area contributed by atoms with Crippen molar-refractivity contribution in [1.29, 1.82) is 0 Å². The molecular weight excluding hydrogens is 294 g/mol. The predicted octanol–water partition coefficient (Wildman–Crippen LogP) is 1.46. The van der Waals surface area contributed by atoms with E-state index in [0.29, 0.717) is 25.9 Å². The van der Waals surface area contributed by atoms with Gasteiger partial charge in [0.25, 0.3) is 10.0 Å². The standard InChI is InChI=1S/C13H23N3O4S/c1-3-11(5-6-13(17)18)7-8-15-21(19,20)12-9-16(4-2)10-14-12/h9-11,15H,3-8H2,1-2H3,(H,17,18). The second-order valence-corrected chi connectivity index (χ2v) is 6.65. The summed E-state index contributed by atoms with van der Waals surface area (Å²) < 4.78 is 28.2. The van der Waals surface area contributed by atoms with Crippen LogP contribution in [0.15, 0.2) is 17.6 Å². The molecular formula is C13H23N3O4S. The number of sulfonamides is 1. The van der Waals surface area contributed by atoms with E-state index in [-0.39, 0.29) is 17.4 Å². The lowest BCUT2D eigenvalue weighted by Crippen LogP contribution is -2.26. The van der Waals surface area contributed by atoms with E-state index in [4.69, 9.17) is 5.11 Å². The molecule has 0 saturated heterocycles. The number of hydrogen-bond donors (Lipinski definition) is 2. The molecule has 0 bridgehead atoms. The fraction of sp³-hybridized carbons (Fsp3) is 0.692. The van der Waals surface area contributed by atoms with Crippen molar-refractivity contribution in [3.63, 3.8) is 0 Å². The Bertz CT molecular complexity index is 554. The number of carbonyl (C=O) groups is 1. The van der Waals surface area contributed by atoms with Crippen LogP contribution in [0.2, 0.25) is 0 Å². The zero-order valence-corrected chi connectivity index (χ0v) is 13.3. The Kier molecular flexibility index (Phi) is 6.83. The molecule has 7 nitrogen and oxygen atoms in total. The molecule has 0 aliphatic heterocycles. The number of aliphatic carboxylic acids is 1. The molecule has 0 spiro atoms. The summed E-state index contributed by atoms with van der Waals surface area (Å²) in [6.45, 7) is 4.83. The van der Waals surface area contributed by atoms with Crippen molar-refractivity contribution in [3.05, 3.63) is 12.5 Å². The van der Waals surface area contributed by atoms with E-state index >= 15 is 0 Å². The van der Waals surface area contributed by atoms with Crippen LogP contribution in [0.5, 0.6) is 0 Å². The predicted molar refractivity (Wildman–Crippen MR) is 78.4 cm³/mol. The van der Waals surface area contributed by atoms with Crippen LogP contribution in [0.1, 0.15) is 39.5 Å². The molecule has 2 N–H and O–H groups in total. The molecule has 1 heterocycles. The highest BCUT2D eigenvalue weighted by Crippen LogP contribution is 2.15. The molecule has 21 heavy (non-hydrogen) atoms. The van der Waals surface area contributed by atoms with Crippen LogP contribution in [-0.4, -0.2) is 35.6 Å². The Balaban J connectivity index is 2.47. The number of aryl methyl sites for hydroxylation is 1. The number of carboxylic acids is 1. The maximum Gasteiger partial charge on any atom is 0.303 e. The topological polar surface area (TPSA) is 101 Å². The van der Waals surface area contributed by atoms with Gasteiger partial charge in [0.2, 0.25) is 0 Å². The molecule has 0 aromatic carbocycles. The zero-order chi connectivity index (χ0) is 15.9. The maximum atomic E-state index is 12.0. The number of nitrogens with one attached hydrogen (secondary N) is 1. The molecule has 0 aliphatic carbocycles. The van der Waals surface area contributed by atoms with E-state index in [9.17, 15) is 13.2 Å². The maximum absolute atomic E-state index is 12.0. The van der Waals surface area contributed by atoms with Gasteiger partial charge in [-0.1, -0.05) is 13.3 Å². The van der Waals surface area contributed by atoms with Crippen LogP contribution in [0.25, 0.3) is 0 Å². The number of nitrogens with zero attached hydrogens (tertiary/aromatic N) is 2. The summed E-state index contributed by atoms with van der Waals surface area (Å²) in [5.74, 6) is -0.615. The summed E-state index contributed by atoms with van der Waals surface area (Å²) >= 11 is 0. The van der Waals surface area contributed by atoms with Gasteiger partial charge in [0.1, 0.15) is 0 Å². The third-order valence-electron chi connectivity index (χ3n) is 3.44. The van der Waals surface area contributed by atoms with Crippen molar-refractivity contribution in [2.24, 2.45) is 5.92 Å². The highest BCUT2D eigenvalue weighted by atomic mass is 32.2. The Morgan fingerprint density at radius 1 is 1.43 bits per heavy atom. The lowest BCUT2D eigenvalue weighted by Gasteiger charge is -2.13. The summed E-state index contributed by atoms with van der Waals surface area (Å²) in [6.07, 6.45) is 5.11. The normalized spacial score (nSPS) is 13.2. The Hall–Kier alpha value is -1.41. The van der Waals surface area contributed by atoms with Crippen molar-refractivity contribution in [2.75, 3.05) is 6.54 Å². The number of aromatic nitrogens is 2. The molecule has 0 amide bonds. The Morgan fingerprint density at radius 3 is 2.67 bits per heavy atom. The van der Waals surface area contributed by atoms with Crippen molar-refractivity contribution in [1.82, 2.24) is 14.3 Å². The van der Waals surface area contributed by atoms with Gasteiger partial charge in [-0.05, 0) is 25.7 Å². The van der Waals surface area contributed by atoms with E-state index in [1.54, 1.807) is 4.57 Å². The molecule has 0 aliphatic rings.